The van der Waals surface area contributed by atoms with E-state index < -0.39 is 0 Å². The number of pyridine rings is 1. The molecular formula is C15H16BrN3O. The van der Waals surface area contributed by atoms with Gasteiger partial charge >= 0.3 is 0 Å². The lowest BCUT2D eigenvalue weighted by molar-refractivity contribution is 0.0751. The van der Waals surface area contributed by atoms with Crippen LogP contribution in [0.3, 0.4) is 0 Å². The van der Waals surface area contributed by atoms with Gasteiger partial charge in [-0.05, 0) is 58.7 Å². The highest BCUT2D eigenvalue weighted by Crippen LogP contribution is 2.22. The van der Waals surface area contributed by atoms with Crippen LogP contribution in [0.4, 0.5) is 5.69 Å². The minimum absolute atomic E-state index is 0.0384. The Morgan fingerprint density at radius 1 is 1.30 bits per heavy atom. The van der Waals surface area contributed by atoms with Crippen LogP contribution < -0.4 is 5.73 Å². The topological polar surface area (TPSA) is 59.2 Å². The fourth-order valence-electron chi connectivity index (χ4n) is 1.91. The first kappa shape index (κ1) is 14.5. The molecule has 0 atom stereocenters. The van der Waals surface area contributed by atoms with Gasteiger partial charge in [0.2, 0.25) is 0 Å². The van der Waals surface area contributed by atoms with Crippen molar-refractivity contribution in [2.24, 2.45) is 0 Å². The summed E-state index contributed by atoms with van der Waals surface area (Å²) in [5.41, 5.74) is 7.98. The summed E-state index contributed by atoms with van der Waals surface area (Å²) < 4.78 is 0.755. The largest absolute Gasteiger partial charge is 0.399 e. The van der Waals surface area contributed by atoms with Crippen LogP contribution in [-0.4, -0.2) is 22.3 Å². The van der Waals surface area contributed by atoms with E-state index >= 15 is 0 Å². The molecule has 1 aromatic heterocycles. The van der Waals surface area contributed by atoms with Gasteiger partial charge in [0.25, 0.3) is 5.91 Å². The van der Waals surface area contributed by atoms with E-state index in [4.69, 9.17) is 5.73 Å². The molecule has 1 aromatic carbocycles. The monoisotopic (exact) mass is 333 g/mol. The van der Waals surface area contributed by atoms with Crippen molar-refractivity contribution in [1.82, 2.24) is 9.88 Å². The average molecular weight is 334 g/mol. The highest BCUT2D eigenvalue weighted by atomic mass is 79.9. The number of carbonyl (C=O) groups excluding carboxylic acids is 1. The lowest BCUT2D eigenvalue weighted by atomic mass is 10.1. The molecule has 0 saturated carbocycles. The molecular weight excluding hydrogens is 318 g/mol. The van der Waals surface area contributed by atoms with E-state index in [1.54, 1.807) is 35.5 Å². The first-order valence-corrected chi connectivity index (χ1v) is 7.14. The van der Waals surface area contributed by atoms with Gasteiger partial charge in [0.05, 0.1) is 5.56 Å². The van der Waals surface area contributed by atoms with Gasteiger partial charge in [-0.2, -0.15) is 0 Å². The van der Waals surface area contributed by atoms with Crippen LogP contribution >= 0.6 is 15.9 Å². The Morgan fingerprint density at radius 2 is 2.00 bits per heavy atom. The molecule has 4 nitrogen and oxygen atoms in total. The minimum atomic E-state index is -0.0384. The molecule has 5 heteroatoms. The van der Waals surface area contributed by atoms with Crippen LogP contribution in [0.25, 0.3) is 0 Å². The first-order valence-electron chi connectivity index (χ1n) is 6.35. The molecule has 0 fully saturated rings. The van der Waals surface area contributed by atoms with E-state index in [-0.39, 0.29) is 5.91 Å². The molecule has 1 heterocycles. The van der Waals surface area contributed by atoms with Gasteiger partial charge in [0, 0.05) is 35.6 Å². The van der Waals surface area contributed by atoms with Crippen molar-refractivity contribution in [3.05, 3.63) is 58.3 Å². The zero-order valence-electron chi connectivity index (χ0n) is 11.2. The van der Waals surface area contributed by atoms with Crippen molar-refractivity contribution in [3.8, 4) is 0 Å². The van der Waals surface area contributed by atoms with Gasteiger partial charge in [-0.15, -0.1) is 0 Å². The number of halogens is 1. The third kappa shape index (κ3) is 3.36. The van der Waals surface area contributed by atoms with Crippen molar-refractivity contribution in [2.45, 2.75) is 13.5 Å². The van der Waals surface area contributed by atoms with Crippen molar-refractivity contribution in [1.29, 1.82) is 0 Å². The number of anilines is 1. The molecule has 20 heavy (non-hydrogen) atoms. The number of hydrogen-bond donors (Lipinski definition) is 1. The molecule has 0 saturated heterocycles. The summed E-state index contributed by atoms with van der Waals surface area (Å²) in [6.45, 7) is 3.14. The van der Waals surface area contributed by atoms with Crippen LogP contribution in [0, 0.1) is 0 Å². The number of benzene rings is 1. The van der Waals surface area contributed by atoms with Crippen molar-refractivity contribution >= 4 is 27.5 Å². The summed E-state index contributed by atoms with van der Waals surface area (Å²) >= 11 is 3.40. The highest BCUT2D eigenvalue weighted by Gasteiger charge is 2.17. The molecule has 2 N–H and O–H groups in total. The molecule has 0 bridgehead atoms. The molecule has 2 aromatic rings. The maximum atomic E-state index is 12.6. The highest BCUT2D eigenvalue weighted by molar-refractivity contribution is 9.10. The maximum Gasteiger partial charge on any atom is 0.255 e. The van der Waals surface area contributed by atoms with Crippen LogP contribution in [-0.2, 0) is 6.54 Å². The number of amides is 1. The van der Waals surface area contributed by atoms with Gasteiger partial charge in [-0.3, -0.25) is 9.78 Å². The van der Waals surface area contributed by atoms with Crippen LogP contribution in [0.5, 0.6) is 0 Å². The Labute approximate surface area is 126 Å². The quantitative estimate of drug-likeness (QED) is 0.874. The molecule has 2 rings (SSSR count). The summed E-state index contributed by atoms with van der Waals surface area (Å²) in [7, 11) is 0. The van der Waals surface area contributed by atoms with Crippen LogP contribution in [0.1, 0.15) is 22.8 Å². The third-order valence-corrected chi connectivity index (χ3v) is 3.70. The van der Waals surface area contributed by atoms with Gasteiger partial charge in [0.15, 0.2) is 0 Å². The van der Waals surface area contributed by atoms with E-state index in [0.29, 0.717) is 24.3 Å². The zero-order chi connectivity index (χ0) is 14.5. The second kappa shape index (κ2) is 6.52. The van der Waals surface area contributed by atoms with Crippen LogP contribution in [0.15, 0.2) is 47.2 Å². The SMILES string of the molecule is CCN(Cc1ccncc1)C(=O)c1cc(N)ccc1Br. The summed E-state index contributed by atoms with van der Waals surface area (Å²) in [5, 5.41) is 0. The number of aromatic nitrogens is 1. The normalized spacial score (nSPS) is 10.3. The molecule has 0 radical (unpaired) electrons. The standard InChI is InChI=1S/C15H16BrN3O/c1-2-19(10-11-5-7-18-8-6-11)15(20)13-9-12(17)3-4-14(13)16/h3-9H,2,10,17H2,1H3. The number of nitrogen functional groups attached to an aromatic ring is 1. The Balaban J connectivity index is 2.23. The van der Waals surface area contributed by atoms with Crippen molar-refractivity contribution < 1.29 is 4.79 Å². The molecule has 0 unspecified atom stereocenters. The van der Waals surface area contributed by atoms with Crippen LogP contribution in [0.2, 0.25) is 0 Å². The maximum absolute atomic E-state index is 12.6. The number of nitrogens with two attached hydrogens (primary N) is 1. The molecule has 0 aliphatic heterocycles. The molecule has 104 valence electrons. The second-order valence-electron chi connectivity index (χ2n) is 4.41. The summed E-state index contributed by atoms with van der Waals surface area (Å²) in [4.78, 5) is 18.3. The van der Waals surface area contributed by atoms with E-state index in [1.165, 1.54) is 0 Å². The molecule has 1 amide bonds. The summed E-state index contributed by atoms with van der Waals surface area (Å²) in [6.07, 6.45) is 3.45. The summed E-state index contributed by atoms with van der Waals surface area (Å²) in [6, 6.07) is 9.07. The number of nitrogens with zero attached hydrogens (tertiary/aromatic N) is 2. The van der Waals surface area contributed by atoms with Gasteiger partial charge in [-0.25, -0.2) is 0 Å². The number of rotatable bonds is 4. The Kier molecular flexibility index (Phi) is 4.74. The van der Waals surface area contributed by atoms with Crippen molar-refractivity contribution in [3.63, 3.8) is 0 Å². The fourth-order valence-corrected chi connectivity index (χ4v) is 2.33. The Hall–Kier alpha value is -1.88. The molecule has 0 aliphatic carbocycles. The lowest BCUT2D eigenvalue weighted by Gasteiger charge is -2.21. The Morgan fingerprint density at radius 3 is 2.65 bits per heavy atom. The fraction of sp³-hybridized carbons (Fsp3) is 0.200. The predicted molar refractivity (Wildman–Crippen MR) is 83.2 cm³/mol. The zero-order valence-corrected chi connectivity index (χ0v) is 12.8. The first-order chi connectivity index (χ1) is 9.61. The van der Waals surface area contributed by atoms with E-state index in [2.05, 4.69) is 20.9 Å². The van der Waals surface area contributed by atoms with Crippen molar-refractivity contribution in [2.75, 3.05) is 12.3 Å². The average Bonchev–Trinajstić information content (AvgIpc) is 2.47. The summed E-state index contributed by atoms with van der Waals surface area (Å²) in [5.74, 6) is -0.0384. The van der Waals surface area contributed by atoms with Gasteiger partial charge in [0.1, 0.15) is 0 Å². The minimum Gasteiger partial charge on any atom is -0.399 e. The van der Waals surface area contributed by atoms with E-state index in [0.717, 1.165) is 10.0 Å². The molecule has 0 spiro atoms. The molecule has 0 aliphatic rings. The van der Waals surface area contributed by atoms with Gasteiger partial charge < -0.3 is 10.6 Å². The second-order valence-corrected chi connectivity index (χ2v) is 5.27. The Bertz CT molecular complexity index is 601. The van der Waals surface area contributed by atoms with E-state index in [9.17, 15) is 4.79 Å². The van der Waals surface area contributed by atoms with Gasteiger partial charge in [-0.1, -0.05) is 0 Å². The third-order valence-electron chi connectivity index (χ3n) is 3.01. The lowest BCUT2D eigenvalue weighted by Crippen LogP contribution is -2.30. The predicted octanol–water partition coefficient (Wildman–Crippen LogP) is 3.09. The number of carbonyl (C=O) groups is 1. The number of hydrogen-bond acceptors (Lipinski definition) is 3. The van der Waals surface area contributed by atoms with E-state index in [1.807, 2.05) is 19.1 Å². The smallest absolute Gasteiger partial charge is 0.255 e.